The Morgan fingerprint density at radius 2 is 2.58 bits per heavy atom. The minimum atomic E-state index is -0.404. The molecule has 2 atom stereocenters. The normalized spacial score (nSPS) is 25.1. The Hall–Kier alpha value is -0.900. The Morgan fingerprint density at radius 3 is 3.08 bits per heavy atom. The number of carbonyl (C=O) groups excluding carboxylic acids is 2. The van der Waals surface area contributed by atoms with Gasteiger partial charge in [0.15, 0.2) is 0 Å². The Balaban J connectivity index is 0. The number of carbonyl (C=O) groups is 2. The molecule has 0 bridgehead atoms. The molecule has 1 fully saturated rings. The van der Waals surface area contributed by atoms with Gasteiger partial charge in [-0.3, -0.25) is 4.79 Å². The Morgan fingerprint density at radius 1 is 1.83 bits per heavy atom. The van der Waals surface area contributed by atoms with E-state index in [1.54, 1.807) is 0 Å². The summed E-state index contributed by atoms with van der Waals surface area (Å²) in [6, 6.07) is -0.404. The SMILES string of the molecule is N[C@H](C=O)CCC1CCNC1=O.[HH].[HH]. The summed E-state index contributed by atoms with van der Waals surface area (Å²) in [5, 5.41) is 2.74. The summed E-state index contributed by atoms with van der Waals surface area (Å²) in [6.07, 6.45) is 2.95. The fourth-order valence-electron chi connectivity index (χ4n) is 1.38. The van der Waals surface area contributed by atoms with Crippen LogP contribution in [0, 0.1) is 5.92 Å². The van der Waals surface area contributed by atoms with Crippen molar-refractivity contribution in [2.24, 2.45) is 11.7 Å². The lowest BCUT2D eigenvalue weighted by molar-refractivity contribution is -0.122. The van der Waals surface area contributed by atoms with Crippen molar-refractivity contribution in [3.8, 4) is 0 Å². The van der Waals surface area contributed by atoms with Crippen LogP contribution in [0.1, 0.15) is 22.1 Å². The lowest BCUT2D eigenvalue weighted by Gasteiger charge is -2.07. The predicted molar refractivity (Wildman–Crippen MR) is 48.6 cm³/mol. The molecule has 1 aliphatic heterocycles. The molecule has 0 aliphatic carbocycles. The summed E-state index contributed by atoms with van der Waals surface area (Å²) in [5.41, 5.74) is 5.40. The van der Waals surface area contributed by atoms with Crippen LogP contribution in [0.15, 0.2) is 0 Å². The number of aldehydes is 1. The van der Waals surface area contributed by atoms with Crippen LogP contribution >= 0.6 is 0 Å². The summed E-state index contributed by atoms with van der Waals surface area (Å²) in [6.45, 7) is 0.764. The van der Waals surface area contributed by atoms with Gasteiger partial charge in [0.25, 0.3) is 0 Å². The van der Waals surface area contributed by atoms with Gasteiger partial charge in [0.05, 0.1) is 6.04 Å². The highest BCUT2D eigenvalue weighted by molar-refractivity contribution is 5.80. The third-order valence-corrected chi connectivity index (χ3v) is 2.19. The first-order valence-electron chi connectivity index (χ1n) is 4.22. The maximum absolute atomic E-state index is 11.0. The molecule has 0 spiro atoms. The van der Waals surface area contributed by atoms with Crippen molar-refractivity contribution in [3.63, 3.8) is 0 Å². The molecular formula is C8H18N2O2. The molecule has 1 amide bonds. The van der Waals surface area contributed by atoms with Crippen LogP contribution in [-0.2, 0) is 9.59 Å². The molecule has 4 heteroatoms. The average Bonchev–Trinajstić information content (AvgIpc) is 2.47. The molecule has 72 valence electrons. The van der Waals surface area contributed by atoms with Crippen LogP contribution < -0.4 is 11.1 Å². The molecule has 0 radical (unpaired) electrons. The van der Waals surface area contributed by atoms with E-state index in [2.05, 4.69) is 5.32 Å². The molecule has 1 saturated heterocycles. The quantitative estimate of drug-likeness (QED) is 0.585. The second-order valence-electron chi connectivity index (χ2n) is 3.15. The van der Waals surface area contributed by atoms with E-state index in [-0.39, 0.29) is 14.7 Å². The number of nitrogens with one attached hydrogen (secondary N) is 1. The van der Waals surface area contributed by atoms with E-state index in [9.17, 15) is 9.59 Å². The Kier molecular flexibility index (Phi) is 3.22. The number of hydrogen-bond acceptors (Lipinski definition) is 3. The standard InChI is InChI=1S/C8H14N2O2.2H2/c9-7(5-11)2-1-6-3-4-10-8(6)12;;/h5-7H,1-4,9H2,(H,10,12);2*1H/t6?,7-;;/m0../s1. The monoisotopic (exact) mass is 174 g/mol. The number of rotatable bonds is 4. The second kappa shape index (κ2) is 4.21. The van der Waals surface area contributed by atoms with Crippen molar-refractivity contribution in [1.82, 2.24) is 5.32 Å². The Labute approximate surface area is 74.5 Å². The van der Waals surface area contributed by atoms with Gasteiger partial charge in [-0.05, 0) is 19.3 Å². The highest BCUT2D eigenvalue weighted by Gasteiger charge is 2.23. The molecule has 3 N–H and O–H groups in total. The van der Waals surface area contributed by atoms with Crippen molar-refractivity contribution in [3.05, 3.63) is 0 Å². The van der Waals surface area contributed by atoms with Crippen LogP contribution in [0.3, 0.4) is 0 Å². The van der Waals surface area contributed by atoms with E-state index in [1.165, 1.54) is 0 Å². The van der Waals surface area contributed by atoms with E-state index in [0.717, 1.165) is 25.7 Å². The van der Waals surface area contributed by atoms with Gasteiger partial charge in [-0.15, -0.1) is 0 Å². The van der Waals surface area contributed by atoms with Crippen molar-refractivity contribution >= 4 is 12.2 Å². The van der Waals surface area contributed by atoms with E-state index in [4.69, 9.17) is 5.73 Å². The van der Waals surface area contributed by atoms with Crippen LogP contribution in [0.5, 0.6) is 0 Å². The van der Waals surface area contributed by atoms with E-state index >= 15 is 0 Å². The maximum atomic E-state index is 11.0. The smallest absolute Gasteiger partial charge is 0.223 e. The zero-order chi connectivity index (χ0) is 8.97. The third-order valence-electron chi connectivity index (χ3n) is 2.19. The lowest BCUT2D eigenvalue weighted by Crippen LogP contribution is -2.24. The molecule has 1 aliphatic rings. The van der Waals surface area contributed by atoms with E-state index < -0.39 is 6.04 Å². The topological polar surface area (TPSA) is 72.2 Å². The van der Waals surface area contributed by atoms with Gasteiger partial charge >= 0.3 is 0 Å². The van der Waals surface area contributed by atoms with Crippen LogP contribution in [0.25, 0.3) is 0 Å². The number of hydrogen-bond donors (Lipinski definition) is 2. The molecule has 1 rings (SSSR count). The zero-order valence-electron chi connectivity index (χ0n) is 6.95. The highest BCUT2D eigenvalue weighted by atomic mass is 16.2. The fourth-order valence-corrected chi connectivity index (χ4v) is 1.38. The minimum Gasteiger partial charge on any atom is -0.356 e. The van der Waals surface area contributed by atoms with Crippen LogP contribution in [0.2, 0.25) is 0 Å². The van der Waals surface area contributed by atoms with E-state index in [1.807, 2.05) is 0 Å². The van der Waals surface area contributed by atoms with Gasteiger partial charge < -0.3 is 15.8 Å². The summed E-state index contributed by atoms with van der Waals surface area (Å²) in [7, 11) is 0. The fraction of sp³-hybridized carbons (Fsp3) is 0.750. The zero-order valence-corrected chi connectivity index (χ0v) is 6.95. The molecule has 0 aromatic rings. The van der Waals surface area contributed by atoms with Crippen molar-refractivity contribution in [1.29, 1.82) is 0 Å². The molecule has 4 nitrogen and oxygen atoms in total. The molecule has 0 aromatic heterocycles. The average molecular weight is 174 g/mol. The first kappa shape index (κ1) is 9.19. The van der Waals surface area contributed by atoms with Crippen LogP contribution in [-0.4, -0.2) is 24.8 Å². The van der Waals surface area contributed by atoms with Crippen molar-refractivity contribution in [2.45, 2.75) is 25.3 Å². The predicted octanol–water partition coefficient (Wildman–Crippen LogP) is -0.0791. The molecular weight excluding hydrogens is 156 g/mol. The van der Waals surface area contributed by atoms with Gasteiger partial charge in [0, 0.05) is 15.3 Å². The number of nitrogens with two attached hydrogens (primary N) is 1. The second-order valence-corrected chi connectivity index (χ2v) is 3.15. The largest absolute Gasteiger partial charge is 0.356 e. The maximum Gasteiger partial charge on any atom is 0.223 e. The first-order chi connectivity index (χ1) is 5.74. The number of amides is 1. The minimum absolute atomic E-state index is 0. The first-order valence-corrected chi connectivity index (χ1v) is 4.22. The Bertz CT molecular complexity index is 190. The molecule has 0 saturated carbocycles. The third kappa shape index (κ3) is 2.30. The van der Waals surface area contributed by atoms with Gasteiger partial charge in [-0.1, -0.05) is 0 Å². The van der Waals surface area contributed by atoms with Gasteiger partial charge in [0.2, 0.25) is 5.91 Å². The van der Waals surface area contributed by atoms with Gasteiger partial charge in [-0.2, -0.15) is 0 Å². The summed E-state index contributed by atoms with van der Waals surface area (Å²) < 4.78 is 0. The van der Waals surface area contributed by atoms with Crippen molar-refractivity contribution in [2.75, 3.05) is 6.54 Å². The summed E-state index contributed by atoms with van der Waals surface area (Å²) in [5.74, 6) is 0.184. The molecule has 12 heavy (non-hydrogen) atoms. The van der Waals surface area contributed by atoms with Crippen molar-refractivity contribution < 1.29 is 12.4 Å². The lowest BCUT2D eigenvalue weighted by atomic mass is 9.99. The molecule has 1 heterocycles. The molecule has 1 unspecified atom stereocenters. The van der Waals surface area contributed by atoms with Gasteiger partial charge in [0.1, 0.15) is 6.29 Å². The van der Waals surface area contributed by atoms with Crippen LogP contribution in [0.4, 0.5) is 0 Å². The van der Waals surface area contributed by atoms with E-state index in [0.29, 0.717) is 6.42 Å². The summed E-state index contributed by atoms with van der Waals surface area (Å²) in [4.78, 5) is 21.2. The van der Waals surface area contributed by atoms with Gasteiger partial charge in [-0.25, -0.2) is 0 Å². The molecule has 0 aromatic carbocycles. The summed E-state index contributed by atoms with van der Waals surface area (Å²) >= 11 is 0. The highest BCUT2D eigenvalue weighted by Crippen LogP contribution is 2.15.